The van der Waals surface area contributed by atoms with Crippen molar-refractivity contribution < 1.29 is 32.2 Å². The van der Waals surface area contributed by atoms with Crippen LogP contribution >= 0.6 is 11.3 Å². The highest BCUT2D eigenvalue weighted by atomic mass is 32.1. The number of thiazole rings is 1. The molecule has 2 aromatic carbocycles. The number of carbonyl (C=O) groups excluding carboxylic acids is 1. The zero-order valence-corrected chi connectivity index (χ0v) is 16.9. The maximum atomic E-state index is 12.3. The third-order valence-corrected chi connectivity index (χ3v) is 5.22. The highest BCUT2D eigenvalue weighted by Crippen LogP contribution is 2.31. The van der Waals surface area contributed by atoms with Gasteiger partial charge in [0.1, 0.15) is 19.0 Å². The van der Waals surface area contributed by atoms with Crippen LogP contribution in [0.1, 0.15) is 16.0 Å². The Morgan fingerprint density at radius 3 is 2.52 bits per heavy atom. The molecular formula is C21H17F3N2O4S. The quantitative estimate of drug-likeness (QED) is 0.595. The molecule has 0 spiro atoms. The van der Waals surface area contributed by atoms with E-state index in [1.54, 1.807) is 30.5 Å². The number of carbonyl (C=O) groups is 1. The molecule has 10 heteroatoms. The molecule has 0 unspecified atom stereocenters. The van der Waals surface area contributed by atoms with Crippen molar-refractivity contribution in [1.82, 2.24) is 4.98 Å². The number of benzene rings is 2. The van der Waals surface area contributed by atoms with Gasteiger partial charge in [0.2, 0.25) is 5.91 Å². The summed E-state index contributed by atoms with van der Waals surface area (Å²) < 4.78 is 51.6. The van der Waals surface area contributed by atoms with Crippen molar-refractivity contribution in [3.8, 4) is 17.2 Å². The molecule has 1 aliphatic rings. The average molecular weight is 450 g/mol. The van der Waals surface area contributed by atoms with E-state index in [4.69, 9.17) is 9.47 Å². The predicted molar refractivity (Wildman–Crippen MR) is 108 cm³/mol. The summed E-state index contributed by atoms with van der Waals surface area (Å²) in [7, 11) is 0. The van der Waals surface area contributed by atoms with Gasteiger partial charge in [0.05, 0.1) is 6.42 Å². The molecule has 3 aromatic rings. The second-order valence-electron chi connectivity index (χ2n) is 6.70. The molecule has 4 rings (SSSR count). The summed E-state index contributed by atoms with van der Waals surface area (Å²) in [6.07, 6.45) is -2.45. The van der Waals surface area contributed by atoms with Crippen molar-refractivity contribution in [2.24, 2.45) is 0 Å². The molecule has 1 N–H and O–H groups in total. The Hall–Kier alpha value is -3.27. The Bertz CT molecular complexity index is 1070. The van der Waals surface area contributed by atoms with Crippen LogP contribution in [0.2, 0.25) is 0 Å². The van der Waals surface area contributed by atoms with Crippen LogP contribution in [0.3, 0.4) is 0 Å². The number of nitrogens with one attached hydrogen (secondary N) is 1. The SMILES string of the molecule is O=C(Cc1ccc2c(c1)OCCO2)Nc1ncc(Cc2ccc(OC(F)(F)F)cc2)s1. The molecule has 1 aromatic heterocycles. The summed E-state index contributed by atoms with van der Waals surface area (Å²) in [6.45, 7) is 0.979. The first-order valence-electron chi connectivity index (χ1n) is 9.32. The lowest BCUT2D eigenvalue weighted by molar-refractivity contribution is -0.274. The number of nitrogens with zero attached hydrogens (tertiary/aromatic N) is 1. The molecule has 2 heterocycles. The van der Waals surface area contributed by atoms with E-state index in [-0.39, 0.29) is 18.1 Å². The number of aromatic nitrogens is 1. The summed E-state index contributed by atoms with van der Waals surface area (Å²) in [5.74, 6) is 0.802. The second kappa shape index (κ2) is 8.84. The van der Waals surface area contributed by atoms with E-state index < -0.39 is 6.36 Å². The summed E-state index contributed by atoms with van der Waals surface area (Å²) >= 11 is 1.30. The largest absolute Gasteiger partial charge is 0.573 e. The molecule has 0 saturated carbocycles. The Balaban J connectivity index is 1.32. The number of fused-ring (bicyclic) bond motifs is 1. The first-order chi connectivity index (χ1) is 14.8. The van der Waals surface area contributed by atoms with Crippen LogP contribution in [-0.4, -0.2) is 30.5 Å². The first kappa shape index (κ1) is 21.0. The van der Waals surface area contributed by atoms with Crippen LogP contribution in [0.5, 0.6) is 17.2 Å². The number of ether oxygens (including phenoxy) is 3. The standard InChI is InChI=1S/C21H17F3N2O4S/c22-21(23,24)30-15-4-1-13(2-5-15)9-16-12-25-20(31-16)26-19(27)11-14-3-6-17-18(10-14)29-8-7-28-17/h1-6,10,12H,7-9,11H2,(H,25,26,27). The fraction of sp³-hybridized carbons (Fsp3) is 0.238. The molecule has 0 fully saturated rings. The molecule has 6 nitrogen and oxygen atoms in total. The predicted octanol–water partition coefficient (Wildman–Crippen LogP) is 4.58. The van der Waals surface area contributed by atoms with E-state index in [1.807, 2.05) is 6.07 Å². The number of rotatable bonds is 6. The van der Waals surface area contributed by atoms with Gasteiger partial charge in [-0.3, -0.25) is 4.79 Å². The van der Waals surface area contributed by atoms with Gasteiger partial charge in [0, 0.05) is 17.5 Å². The maximum absolute atomic E-state index is 12.3. The zero-order chi connectivity index (χ0) is 21.8. The summed E-state index contributed by atoms with van der Waals surface area (Å²) in [5.41, 5.74) is 1.59. The van der Waals surface area contributed by atoms with Crippen molar-refractivity contribution >= 4 is 22.4 Å². The molecular weight excluding hydrogens is 433 g/mol. The highest BCUT2D eigenvalue weighted by Gasteiger charge is 2.30. The van der Waals surface area contributed by atoms with Crippen molar-refractivity contribution in [2.45, 2.75) is 19.2 Å². The Kier molecular flexibility index (Phi) is 5.99. The zero-order valence-electron chi connectivity index (χ0n) is 16.1. The number of hydrogen-bond acceptors (Lipinski definition) is 6. The second-order valence-corrected chi connectivity index (χ2v) is 7.82. The Morgan fingerprint density at radius 2 is 1.77 bits per heavy atom. The van der Waals surface area contributed by atoms with Crippen LogP contribution in [0.4, 0.5) is 18.3 Å². The minimum atomic E-state index is -4.72. The van der Waals surface area contributed by atoms with E-state index in [1.165, 1.54) is 23.5 Å². The lowest BCUT2D eigenvalue weighted by atomic mass is 10.1. The van der Waals surface area contributed by atoms with Crippen LogP contribution in [0, 0.1) is 0 Å². The number of amides is 1. The molecule has 0 atom stereocenters. The van der Waals surface area contributed by atoms with Gasteiger partial charge in [-0.05, 0) is 35.4 Å². The van der Waals surface area contributed by atoms with Crippen LogP contribution in [0.15, 0.2) is 48.7 Å². The van der Waals surface area contributed by atoms with E-state index in [0.717, 1.165) is 16.0 Å². The fourth-order valence-corrected chi connectivity index (χ4v) is 3.87. The van der Waals surface area contributed by atoms with E-state index in [0.29, 0.717) is 36.3 Å². The van der Waals surface area contributed by atoms with E-state index in [9.17, 15) is 18.0 Å². The van der Waals surface area contributed by atoms with Crippen LogP contribution < -0.4 is 19.5 Å². The Morgan fingerprint density at radius 1 is 1.06 bits per heavy atom. The van der Waals surface area contributed by atoms with Crippen molar-refractivity contribution in [3.63, 3.8) is 0 Å². The monoisotopic (exact) mass is 450 g/mol. The topological polar surface area (TPSA) is 69.7 Å². The fourth-order valence-electron chi connectivity index (χ4n) is 3.00. The van der Waals surface area contributed by atoms with Crippen molar-refractivity contribution in [2.75, 3.05) is 18.5 Å². The van der Waals surface area contributed by atoms with Gasteiger partial charge in [-0.15, -0.1) is 24.5 Å². The minimum absolute atomic E-state index is 0.159. The van der Waals surface area contributed by atoms with E-state index in [2.05, 4.69) is 15.0 Å². The third kappa shape index (κ3) is 5.88. The lowest BCUT2D eigenvalue weighted by Gasteiger charge is -2.18. The normalized spacial score (nSPS) is 13.0. The van der Waals surface area contributed by atoms with Crippen LogP contribution in [-0.2, 0) is 17.6 Å². The highest BCUT2D eigenvalue weighted by molar-refractivity contribution is 7.15. The first-order valence-corrected chi connectivity index (χ1v) is 10.1. The minimum Gasteiger partial charge on any atom is -0.486 e. The molecule has 31 heavy (non-hydrogen) atoms. The van der Waals surface area contributed by atoms with Gasteiger partial charge in [-0.2, -0.15) is 0 Å². The Labute approximate surface area is 179 Å². The lowest BCUT2D eigenvalue weighted by Crippen LogP contribution is -2.17. The van der Waals surface area contributed by atoms with Gasteiger partial charge in [-0.25, -0.2) is 4.98 Å². The van der Waals surface area contributed by atoms with Gasteiger partial charge in [-0.1, -0.05) is 18.2 Å². The summed E-state index contributed by atoms with van der Waals surface area (Å²) in [6, 6.07) is 11.0. The summed E-state index contributed by atoms with van der Waals surface area (Å²) in [5, 5.41) is 3.22. The number of alkyl halides is 3. The molecule has 0 saturated heterocycles. The third-order valence-electron chi connectivity index (χ3n) is 4.31. The molecule has 1 aliphatic heterocycles. The van der Waals surface area contributed by atoms with Gasteiger partial charge < -0.3 is 19.5 Å². The molecule has 0 bridgehead atoms. The van der Waals surface area contributed by atoms with Gasteiger partial charge >= 0.3 is 6.36 Å². The number of halogens is 3. The van der Waals surface area contributed by atoms with Crippen molar-refractivity contribution in [1.29, 1.82) is 0 Å². The number of hydrogen-bond donors (Lipinski definition) is 1. The molecule has 1 amide bonds. The van der Waals surface area contributed by atoms with Crippen LogP contribution in [0.25, 0.3) is 0 Å². The van der Waals surface area contributed by atoms with E-state index >= 15 is 0 Å². The summed E-state index contributed by atoms with van der Waals surface area (Å²) in [4.78, 5) is 17.4. The van der Waals surface area contributed by atoms with Crippen molar-refractivity contribution in [3.05, 3.63) is 64.7 Å². The van der Waals surface area contributed by atoms with Gasteiger partial charge in [0.25, 0.3) is 0 Å². The number of anilines is 1. The molecule has 162 valence electrons. The smallest absolute Gasteiger partial charge is 0.486 e. The molecule has 0 aliphatic carbocycles. The molecule has 0 radical (unpaired) electrons. The van der Waals surface area contributed by atoms with Gasteiger partial charge in [0.15, 0.2) is 16.6 Å². The average Bonchev–Trinajstić information content (AvgIpc) is 3.15. The maximum Gasteiger partial charge on any atom is 0.573 e.